The van der Waals surface area contributed by atoms with E-state index in [2.05, 4.69) is 10.6 Å². The van der Waals surface area contributed by atoms with Crippen molar-refractivity contribution in [2.75, 3.05) is 12.4 Å². The van der Waals surface area contributed by atoms with E-state index in [4.69, 9.17) is 5.73 Å². The minimum Gasteiger partial charge on any atom is -0.341 e. The van der Waals surface area contributed by atoms with Crippen LogP contribution in [0.25, 0.3) is 0 Å². The van der Waals surface area contributed by atoms with Crippen molar-refractivity contribution < 1.29 is 4.79 Å². The second kappa shape index (κ2) is 4.47. The van der Waals surface area contributed by atoms with E-state index in [1.54, 1.807) is 7.05 Å². The first-order valence-electron chi connectivity index (χ1n) is 4.04. The van der Waals surface area contributed by atoms with Gasteiger partial charge in [-0.2, -0.15) is 0 Å². The maximum atomic E-state index is 11.0. The van der Waals surface area contributed by atoms with Gasteiger partial charge in [-0.25, -0.2) is 4.79 Å². The summed E-state index contributed by atoms with van der Waals surface area (Å²) in [6.45, 7) is 0.417. The highest BCUT2D eigenvalue weighted by Crippen LogP contribution is 2.13. The molecule has 4 N–H and O–H groups in total. The zero-order valence-corrected chi connectivity index (χ0v) is 7.50. The number of carbonyl (C=O) groups is 1. The number of anilines is 1. The highest BCUT2D eigenvalue weighted by molar-refractivity contribution is 5.89. The highest BCUT2D eigenvalue weighted by atomic mass is 16.2. The molecule has 0 aliphatic carbocycles. The second-order valence-corrected chi connectivity index (χ2v) is 2.57. The van der Waals surface area contributed by atoms with Crippen molar-refractivity contribution in [1.82, 2.24) is 5.32 Å². The van der Waals surface area contributed by atoms with Crippen molar-refractivity contribution in [3.63, 3.8) is 0 Å². The Morgan fingerprint density at radius 3 is 2.77 bits per heavy atom. The Hall–Kier alpha value is -1.55. The Labute approximate surface area is 77.1 Å². The maximum absolute atomic E-state index is 11.0. The van der Waals surface area contributed by atoms with Crippen LogP contribution < -0.4 is 16.4 Å². The van der Waals surface area contributed by atoms with Crippen LogP contribution >= 0.6 is 0 Å². The average molecular weight is 179 g/mol. The first kappa shape index (κ1) is 9.54. The molecule has 13 heavy (non-hydrogen) atoms. The molecule has 70 valence electrons. The minimum absolute atomic E-state index is 0.235. The van der Waals surface area contributed by atoms with Gasteiger partial charge < -0.3 is 16.4 Å². The lowest BCUT2D eigenvalue weighted by Crippen LogP contribution is -2.25. The van der Waals surface area contributed by atoms with Gasteiger partial charge in [0.25, 0.3) is 0 Å². The molecule has 1 aromatic rings. The van der Waals surface area contributed by atoms with E-state index >= 15 is 0 Å². The van der Waals surface area contributed by atoms with Gasteiger partial charge in [0, 0.05) is 19.3 Å². The van der Waals surface area contributed by atoms with Crippen LogP contribution in [0.5, 0.6) is 0 Å². The van der Waals surface area contributed by atoms with Gasteiger partial charge >= 0.3 is 6.03 Å². The SMILES string of the molecule is CNC(=O)Nc1ccccc1CN. The molecule has 0 unspecified atom stereocenters. The highest BCUT2D eigenvalue weighted by Gasteiger charge is 2.01. The van der Waals surface area contributed by atoms with Crippen molar-refractivity contribution in [2.24, 2.45) is 5.73 Å². The summed E-state index contributed by atoms with van der Waals surface area (Å²) in [5, 5.41) is 5.15. The fourth-order valence-electron chi connectivity index (χ4n) is 1.01. The van der Waals surface area contributed by atoms with Crippen LogP contribution in [-0.4, -0.2) is 13.1 Å². The van der Waals surface area contributed by atoms with E-state index in [-0.39, 0.29) is 6.03 Å². The molecule has 0 heterocycles. The summed E-state index contributed by atoms with van der Waals surface area (Å²) in [7, 11) is 1.57. The van der Waals surface area contributed by atoms with Gasteiger partial charge in [0.2, 0.25) is 0 Å². The van der Waals surface area contributed by atoms with Crippen molar-refractivity contribution in [1.29, 1.82) is 0 Å². The molecule has 1 rings (SSSR count). The van der Waals surface area contributed by atoms with E-state index < -0.39 is 0 Å². The zero-order chi connectivity index (χ0) is 9.68. The van der Waals surface area contributed by atoms with Gasteiger partial charge in [-0.15, -0.1) is 0 Å². The second-order valence-electron chi connectivity index (χ2n) is 2.57. The van der Waals surface area contributed by atoms with Gasteiger partial charge in [-0.1, -0.05) is 18.2 Å². The molecule has 0 bridgehead atoms. The molecule has 0 aliphatic rings. The molecule has 1 aromatic carbocycles. The number of urea groups is 1. The van der Waals surface area contributed by atoms with Crippen molar-refractivity contribution in [3.8, 4) is 0 Å². The van der Waals surface area contributed by atoms with Crippen molar-refractivity contribution in [3.05, 3.63) is 29.8 Å². The monoisotopic (exact) mass is 179 g/mol. The lowest BCUT2D eigenvalue weighted by molar-refractivity contribution is 0.254. The van der Waals surface area contributed by atoms with Gasteiger partial charge in [0.05, 0.1) is 0 Å². The molecule has 2 amide bonds. The number of nitrogens with one attached hydrogen (secondary N) is 2. The molecule has 0 aromatic heterocycles. The molecule has 0 saturated carbocycles. The Balaban J connectivity index is 2.81. The average Bonchev–Trinajstić information content (AvgIpc) is 2.18. The summed E-state index contributed by atoms with van der Waals surface area (Å²) in [4.78, 5) is 11.0. The molecular weight excluding hydrogens is 166 g/mol. The molecular formula is C9H13N3O. The zero-order valence-electron chi connectivity index (χ0n) is 7.50. The summed E-state index contributed by atoms with van der Waals surface area (Å²) in [6, 6.07) is 7.20. The predicted molar refractivity (Wildman–Crippen MR) is 52.4 cm³/mol. The minimum atomic E-state index is -0.235. The third-order valence-electron chi connectivity index (χ3n) is 1.71. The quantitative estimate of drug-likeness (QED) is 0.631. The number of benzene rings is 1. The van der Waals surface area contributed by atoms with Gasteiger partial charge in [0.15, 0.2) is 0 Å². The number of hydrogen-bond acceptors (Lipinski definition) is 2. The van der Waals surface area contributed by atoms with E-state index in [9.17, 15) is 4.79 Å². The Morgan fingerprint density at radius 1 is 1.46 bits per heavy atom. The summed E-state index contributed by atoms with van der Waals surface area (Å²) >= 11 is 0. The van der Waals surface area contributed by atoms with Gasteiger partial charge in [0.1, 0.15) is 0 Å². The standard InChI is InChI=1S/C9H13N3O/c1-11-9(13)12-8-5-3-2-4-7(8)6-10/h2-5H,6,10H2,1H3,(H2,11,12,13). The lowest BCUT2D eigenvalue weighted by Gasteiger charge is -2.08. The summed E-state index contributed by atoms with van der Waals surface area (Å²) < 4.78 is 0. The number of nitrogens with two attached hydrogens (primary N) is 1. The summed E-state index contributed by atoms with van der Waals surface area (Å²) in [6.07, 6.45) is 0. The predicted octanol–water partition coefficient (Wildman–Crippen LogP) is 0.897. The third-order valence-corrected chi connectivity index (χ3v) is 1.71. The molecule has 0 radical (unpaired) electrons. The molecule has 0 saturated heterocycles. The van der Waals surface area contributed by atoms with Crippen LogP contribution in [0.15, 0.2) is 24.3 Å². The molecule has 0 spiro atoms. The topological polar surface area (TPSA) is 67.2 Å². The fourth-order valence-corrected chi connectivity index (χ4v) is 1.01. The molecule has 0 fully saturated rings. The largest absolute Gasteiger partial charge is 0.341 e. The van der Waals surface area contributed by atoms with Crippen LogP contribution in [0.3, 0.4) is 0 Å². The van der Waals surface area contributed by atoms with E-state index in [1.165, 1.54) is 0 Å². The fraction of sp³-hybridized carbons (Fsp3) is 0.222. The van der Waals surface area contributed by atoms with Crippen LogP contribution in [0, 0.1) is 0 Å². The van der Waals surface area contributed by atoms with Crippen LogP contribution in [0.1, 0.15) is 5.56 Å². The van der Waals surface area contributed by atoms with Crippen LogP contribution in [0.2, 0.25) is 0 Å². The van der Waals surface area contributed by atoms with E-state index in [0.29, 0.717) is 6.54 Å². The lowest BCUT2D eigenvalue weighted by atomic mass is 10.2. The van der Waals surface area contributed by atoms with Gasteiger partial charge in [-0.05, 0) is 11.6 Å². The first-order valence-corrected chi connectivity index (χ1v) is 4.04. The van der Waals surface area contributed by atoms with Crippen LogP contribution in [-0.2, 0) is 6.54 Å². The Morgan fingerprint density at radius 2 is 2.15 bits per heavy atom. The maximum Gasteiger partial charge on any atom is 0.318 e. The molecule has 4 heteroatoms. The molecule has 0 atom stereocenters. The smallest absolute Gasteiger partial charge is 0.318 e. The van der Waals surface area contributed by atoms with E-state index in [1.807, 2.05) is 24.3 Å². The number of amides is 2. The van der Waals surface area contributed by atoms with E-state index in [0.717, 1.165) is 11.3 Å². The molecule has 4 nitrogen and oxygen atoms in total. The number of rotatable bonds is 2. The number of hydrogen-bond donors (Lipinski definition) is 3. The summed E-state index contributed by atoms with van der Waals surface area (Å²) in [5.74, 6) is 0. The normalized spacial score (nSPS) is 9.38. The summed E-state index contributed by atoms with van der Waals surface area (Å²) in [5.41, 5.74) is 7.17. The van der Waals surface area contributed by atoms with Crippen LogP contribution in [0.4, 0.5) is 10.5 Å². The first-order chi connectivity index (χ1) is 6.27. The number of para-hydroxylation sites is 1. The third kappa shape index (κ3) is 2.45. The Bertz CT molecular complexity index is 299. The van der Waals surface area contributed by atoms with Gasteiger partial charge in [-0.3, -0.25) is 0 Å². The Kier molecular flexibility index (Phi) is 3.28. The van der Waals surface area contributed by atoms with Crippen molar-refractivity contribution >= 4 is 11.7 Å². The molecule has 0 aliphatic heterocycles. The number of carbonyl (C=O) groups excluding carboxylic acids is 1. The van der Waals surface area contributed by atoms with Crippen molar-refractivity contribution in [2.45, 2.75) is 6.54 Å².